The highest BCUT2D eigenvalue weighted by Gasteiger charge is 2.17. The van der Waals surface area contributed by atoms with E-state index in [1.165, 1.54) is 12.4 Å². The van der Waals surface area contributed by atoms with Crippen molar-refractivity contribution >= 4 is 28.3 Å². The van der Waals surface area contributed by atoms with Crippen molar-refractivity contribution in [3.05, 3.63) is 50.0 Å². The van der Waals surface area contributed by atoms with Crippen LogP contribution in [0.1, 0.15) is 5.56 Å². The van der Waals surface area contributed by atoms with E-state index >= 15 is 0 Å². The molecule has 1 aromatic heterocycles. The summed E-state index contributed by atoms with van der Waals surface area (Å²) in [5, 5.41) is 10.9. The van der Waals surface area contributed by atoms with Gasteiger partial charge in [0, 0.05) is 12.3 Å². The molecule has 18 heavy (non-hydrogen) atoms. The van der Waals surface area contributed by atoms with E-state index < -0.39 is 4.92 Å². The van der Waals surface area contributed by atoms with Gasteiger partial charge in [-0.2, -0.15) is 0 Å². The molecule has 0 amide bonds. The van der Waals surface area contributed by atoms with Crippen molar-refractivity contribution in [3.63, 3.8) is 0 Å². The summed E-state index contributed by atoms with van der Waals surface area (Å²) in [6, 6.07) is 4.69. The molecule has 1 heterocycles. The summed E-state index contributed by atoms with van der Waals surface area (Å²) in [5.74, 6) is 0.482. The number of hydrogen-bond acceptors (Lipinski definition) is 5. The highest BCUT2D eigenvalue weighted by molar-refractivity contribution is 14.1. The number of ether oxygens (including phenoxy) is 1. The fourth-order valence-corrected chi connectivity index (χ4v) is 1.74. The third-order valence-electron chi connectivity index (χ3n) is 2.15. The molecule has 0 N–H and O–H groups in total. The zero-order valence-corrected chi connectivity index (χ0v) is 11.5. The second kappa shape index (κ2) is 5.25. The maximum atomic E-state index is 10.9. The number of nitrogens with zero attached hydrogens (tertiary/aromatic N) is 3. The Bertz CT molecular complexity index is 604. The summed E-state index contributed by atoms with van der Waals surface area (Å²) in [5.41, 5.74) is 0.787. The van der Waals surface area contributed by atoms with E-state index in [1.54, 1.807) is 18.3 Å². The number of nitro benzene ring substituents is 1. The molecule has 0 atom stereocenters. The van der Waals surface area contributed by atoms with Gasteiger partial charge in [0.15, 0.2) is 0 Å². The molecule has 6 nitrogen and oxygen atoms in total. The van der Waals surface area contributed by atoms with Crippen molar-refractivity contribution in [2.24, 2.45) is 0 Å². The molecule has 2 aromatic rings. The molecule has 2 rings (SSSR count). The van der Waals surface area contributed by atoms with Gasteiger partial charge in [0.1, 0.15) is 6.33 Å². The number of hydrogen-bond donors (Lipinski definition) is 0. The van der Waals surface area contributed by atoms with Gasteiger partial charge < -0.3 is 4.74 Å². The molecule has 0 aliphatic heterocycles. The van der Waals surface area contributed by atoms with Crippen LogP contribution in [0.25, 0.3) is 0 Å². The Kier molecular flexibility index (Phi) is 3.70. The van der Waals surface area contributed by atoms with Crippen molar-refractivity contribution in [1.29, 1.82) is 0 Å². The van der Waals surface area contributed by atoms with E-state index in [0.29, 0.717) is 9.45 Å². The number of nitro groups is 1. The Labute approximate surface area is 116 Å². The molecule has 0 radical (unpaired) electrons. The second-order valence-corrected chi connectivity index (χ2v) is 4.67. The van der Waals surface area contributed by atoms with Crippen molar-refractivity contribution in [2.75, 3.05) is 0 Å². The molecule has 0 bridgehead atoms. The van der Waals surface area contributed by atoms with E-state index in [0.717, 1.165) is 5.56 Å². The van der Waals surface area contributed by atoms with Crippen LogP contribution in [-0.2, 0) is 0 Å². The molecule has 0 aliphatic carbocycles. The molecule has 0 spiro atoms. The third kappa shape index (κ3) is 2.73. The highest BCUT2D eigenvalue weighted by atomic mass is 127. The van der Waals surface area contributed by atoms with Crippen LogP contribution in [0.4, 0.5) is 5.69 Å². The molecule has 92 valence electrons. The Morgan fingerprint density at radius 1 is 1.44 bits per heavy atom. The molecule has 1 aromatic carbocycles. The number of aryl methyl sites for hydroxylation is 1. The smallest absolute Gasteiger partial charge is 0.311 e. The van der Waals surface area contributed by atoms with Crippen molar-refractivity contribution in [2.45, 2.75) is 6.92 Å². The van der Waals surface area contributed by atoms with Gasteiger partial charge in [-0.05, 0) is 41.1 Å². The standard InChI is InChI=1S/C11H8IN3O3/c1-7-2-3-9(15(16)17)10(4-7)18-11-8(12)5-13-6-14-11/h2-6H,1H3. The van der Waals surface area contributed by atoms with Crippen molar-refractivity contribution in [1.82, 2.24) is 9.97 Å². The van der Waals surface area contributed by atoms with Gasteiger partial charge in [-0.3, -0.25) is 10.1 Å². The first kappa shape index (κ1) is 12.7. The first-order valence-electron chi connectivity index (χ1n) is 4.96. The Morgan fingerprint density at radius 2 is 2.22 bits per heavy atom. The molecule has 0 aliphatic rings. The normalized spacial score (nSPS) is 10.1. The van der Waals surface area contributed by atoms with Gasteiger partial charge in [-0.1, -0.05) is 6.07 Å². The zero-order chi connectivity index (χ0) is 13.1. The topological polar surface area (TPSA) is 78.2 Å². The highest BCUT2D eigenvalue weighted by Crippen LogP contribution is 2.32. The van der Waals surface area contributed by atoms with Crippen LogP contribution in [0.5, 0.6) is 11.6 Å². The zero-order valence-electron chi connectivity index (χ0n) is 9.33. The summed E-state index contributed by atoms with van der Waals surface area (Å²) in [4.78, 5) is 18.2. The molecular weight excluding hydrogens is 349 g/mol. The van der Waals surface area contributed by atoms with E-state index in [9.17, 15) is 10.1 Å². The fourth-order valence-electron chi connectivity index (χ4n) is 1.33. The van der Waals surface area contributed by atoms with Gasteiger partial charge in [0.05, 0.1) is 8.49 Å². The van der Waals surface area contributed by atoms with Gasteiger partial charge in [0.2, 0.25) is 11.6 Å². The molecule has 0 saturated carbocycles. The van der Waals surface area contributed by atoms with Crippen LogP contribution >= 0.6 is 22.6 Å². The predicted molar refractivity (Wildman–Crippen MR) is 72.7 cm³/mol. The van der Waals surface area contributed by atoms with Gasteiger partial charge in [-0.15, -0.1) is 0 Å². The average molecular weight is 357 g/mol. The maximum Gasteiger partial charge on any atom is 0.311 e. The fraction of sp³-hybridized carbons (Fsp3) is 0.0909. The van der Waals surface area contributed by atoms with Crippen molar-refractivity contribution < 1.29 is 9.66 Å². The van der Waals surface area contributed by atoms with E-state index in [2.05, 4.69) is 9.97 Å². The first-order chi connectivity index (χ1) is 8.58. The van der Waals surface area contributed by atoms with Gasteiger partial charge in [0.25, 0.3) is 0 Å². The third-order valence-corrected chi connectivity index (χ3v) is 2.89. The molecule has 0 saturated heterocycles. The van der Waals surface area contributed by atoms with Crippen LogP contribution in [0, 0.1) is 20.6 Å². The second-order valence-electron chi connectivity index (χ2n) is 3.51. The lowest BCUT2D eigenvalue weighted by Gasteiger charge is -2.07. The first-order valence-corrected chi connectivity index (χ1v) is 6.04. The molecular formula is C11H8IN3O3. The summed E-state index contributed by atoms with van der Waals surface area (Å²) < 4.78 is 6.17. The summed E-state index contributed by atoms with van der Waals surface area (Å²) in [6.45, 7) is 1.83. The lowest BCUT2D eigenvalue weighted by atomic mass is 10.2. The largest absolute Gasteiger partial charge is 0.431 e. The Morgan fingerprint density at radius 3 is 2.89 bits per heavy atom. The maximum absolute atomic E-state index is 10.9. The predicted octanol–water partition coefficient (Wildman–Crippen LogP) is 3.09. The minimum atomic E-state index is -0.483. The summed E-state index contributed by atoms with van der Waals surface area (Å²) in [6.07, 6.45) is 2.91. The van der Waals surface area contributed by atoms with E-state index in [-0.39, 0.29) is 11.4 Å². The van der Waals surface area contributed by atoms with E-state index in [1.807, 2.05) is 29.5 Å². The Hall–Kier alpha value is -1.77. The summed E-state index contributed by atoms with van der Waals surface area (Å²) in [7, 11) is 0. The average Bonchev–Trinajstić information content (AvgIpc) is 2.32. The Balaban J connectivity index is 2.42. The molecule has 0 unspecified atom stereocenters. The summed E-state index contributed by atoms with van der Waals surface area (Å²) >= 11 is 2.01. The molecule has 7 heteroatoms. The van der Waals surface area contributed by atoms with Crippen LogP contribution in [0.15, 0.2) is 30.7 Å². The van der Waals surface area contributed by atoms with Gasteiger partial charge >= 0.3 is 5.69 Å². The minimum Gasteiger partial charge on any atom is -0.431 e. The lowest BCUT2D eigenvalue weighted by molar-refractivity contribution is -0.385. The monoisotopic (exact) mass is 357 g/mol. The minimum absolute atomic E-state index is 0.0880. The van der Waals surface area contributed by atoms with Crippen molar-refractivity contribution in [3.8, 4) is 11.6 Å². The van der Waals surface area contributed by atoms with Crippen LogP contribution in [0.2, 0.25) is 0 Å². The molecule has 0 fully saturated rings. The number of benzene rings is 1. The number of aromatic nitrogens is 2. The number of rotatable bonds is 3. The lowest BCUT2D eigenvalue weighted by Crippen LogP contribution is -1.97. The number of halogens is 1. The van der Waals surface area contributed by atoms with E-state index in [4.69, 9.17) is 4.74 Å². The van der Waals surface area contributed by atoms with Crippen LogP contribution < -0.4 is 4.74 Å². The SMILES string of the molecule is Cc1ccc([N+](=O)[O-])c(Oc2ncncc2I)c1. The van der Waals surface area contributed by atoms with Gasteiger partial charge in [-0.25, -0.2) is 9.97 Å². The van der Waals surface area contributed by atoms with Crippen LogP contribution in [0.3, 0.4) is 0 Å². The van der Waals surface area contributed by atoms with Crippen LogP contribution in [-0.4, -0.2) is 14.9 Å². The quantitative estimate of drug-likeness (QED) is 0.479.